The average Bonchev–Trinajstić information content (AvgIpc) is 2.88. The van der Waals surface area contributed by atoms with Gasteiger partial charge >= 0.3 is 51.4 Å². The maximum atomic E-state index is 12.8. The summed E-state index contributed by atoms with van der Waals surface area (Å²) in [5, 5.41) is 23.4. The number of hydrogen-bond acceptors (Lipinski definition) is 6. The van der Waals surface area contributed by atoms with Crippen LogP contribution in [0.25, 0.3) is 10.8 Å². The van der Waals surface area contributed by atoms with Crippen LogP contribution in [0.1, 0.15) is 24.2 Å². The predicted octanol–water partition coefficient (Wildman–Crippen LogP) is -2.18. The van der Waals surface area contributed by atoms with Crippen LogP contribution in [0.15, 0.2) is 42.5 Å². The summed E-state index contributed by atoms with van der Waals surface area (Å²) in [6.45, 7) is 3.44. The van der Waals surface area contributed by atoms with Crippen LogP contribution >= 0.6 is 11.8 Å². The molecule has 4 atom stereocenters. The van der Waals surface area contributed by atoms with E-state index < -0.39 is 45.8 Å². The molecule has 2 aliphatic heterocycles. The normalized spacial score (nSPS) is 26.2. The molecular weight excluding hydrogens is 405 g/mol. The van der Waals surface area contributed by atoms with Crippen molar-refractivity contribution >= 4 is 40.2 Å². The Balaban J connectivity index is 0.00000225. The molecule has 0 unspecified atom stereocenters. The molecule has 28 heavy (non-hydrogen) atoms. The number of aliphatic carboxylic acids is 1. The molecule has 0 saturated carbocycles. The van der Waals surface area contributed by atoms with Crippen molar-refractivity contribution in [3.63, 3.8) is 0 Å². The summed E-state index contributed by atoms with van der Waals surface area (Å²) in [7, 11) is 0. The first kappa shape index (κ1) is 22.0. The minimum atomic E-state index is -1.51. The van der Waals surface area contributed by atoms with Gasteiger partial charge in [0.2, 0.25) is 5.91 Å². The Bertz CT molecular complexity index is 978. The Morgan fingerprint density at radius 3 is 2.46 bits per heavy atom. The molecule has 2 saturated heterocycles. The second-order valence-electron chi connectivity index (χ2n) is 7.48. The van der Waals surface area contributed by atoms with Gasteiger partial charge in [-0.25, -0.2) is 0 Å². The van der Waals surface area contributed by atoms with E-state index in [1.54, 1.807) is 32.0 Å². The number of thioether (sulfide) groups is 1. The van der Waals surface area contributed by atoms with Crippen LogP contribution in [0.4, 0.5) is 0 Å². The Kier molecular flexibility index (Phi) is 6.14. The zero-order valence-corrected chi connectivity index (χ0v) is 19.7. The molecule has 2 aromatic rings. The van der Waals surface area contributed by atoms with E-state index in [1.165, 1.54) is 16.7 Å². The van der Waals surface area contributed by atoms with E-state index >= 15 is 0 Å². The number of nitrogens with zero attached hydrogens (tertiary/aromatic N) is 1. The number of hydrogen-bond donors (Lipinski definition) is 1. The van der Waals surface area contributed by atoms with Crippen molar-refractivity contribution in [1.82, 2.24) is 4.90 Å². The van der Waals surface area contributed by atoms with Crippen LogP contribution in [-0.4, -0.2) is 49.9 Å². The van der Waals surface area contributed by atoms with Gasteiger partial charge in [-0.2, -0.15) is 0 Å². The Labute approximate surface area is 209 Å². The number of carbonyl (C=O) groups is 3. The zero-order chi connectivity index (χ0) is 19.5. The summed E-state index contributed by atoms with van der Waals surface area (Å²) < 4.78 is -0.750. The average molecular weight is 424 g/mol. The first-order valence-corrected chi connectivity index (χ1v) is 9.52. The van der Waals surface area contributed by atoms with Gasteiger partial charge in [-0.3, -0.25) is 9.59 Å². The Morgan fingerprint density at radius 1 is 1.18 bits per heavy atom. The number of carboxylic acid groups (broad SMARTS) is 1. The fourth-order valence-electron chi connectivity index (χ4n) is 3.99. The van der Waals surface area contributed by atoms with Crippen LogP contribution in [0.2, 0.25) is 0 Å². The monoisotopic (exact) mass is 423 g/mol. The molecule has 0 bridgehead atoms. The summed E-state index contributed by atoms with van der Waals surface area (Å²) in [5.41, 5.74) is 0.325. The van der Waals surface area contributed by atoms with Crippen molar-refractivity contribution in [2.24, 2.45) is 5.92 Å². The molecule has 4 rings (SSSR count). The number of aliphatic hydroxyl groups is 1. The van der Waals surface area contributed by atoms with Gasteiger partial charge in [-0.1, -0.05) is 36.4 Å². The molecule has 2 fully saturated rings. The van der Waals surface area contributed by atoms with Gasteiger partial charge in [0.05, 0.1) is 17.4 Å². The molecule has 1 amide bonds. The zero-order valence-electron chi connectivity index (χ0n) is 15.8. The van der Waals surface area contributed by atoms with Gasteiger partial charge in [0, 0.05) is 10.3 Å². The van der Waals surface area contributed by atoms with Crippen LogP contribution in [0, 0.1) is 5.92 Å². The van der Waals surface area contributed by atoms with Gasteiger partial charge in [0.25, 0.3) is 0 Å². The van der Waals surface area contributed by atoms with Gasteiger partial charge < -0.3 is 19.9 Å². The molecule has 2 aliphatic rings. The molecule has 2 aromatic carbocycles. The summed E-state index contributed by atoms with van der Waals surface area (Å²) in [5.74, 6) is -3.32. The number of aliphatic hydroxyl groups excluding tert-OH is 1. The van der Waals surface area contributed by atoms with Crippen molar-refractivity contribution < 1.29 is 76.0 Å². The minimum absolute atomic E-state index is 0. The number of carbonyl (C=O) groups excluding carboxylic acids is 3. The van der Waals surface area contributed by atoms with Crippen molar-refractivity contribution in [1.29, 1.82) is 0 Å². The maximum absolute atomic E-state index is 12.8. The molecule has 2 heterocycles. The smallest absolute Gasteiger partial charge is 0.548 e. The van der Waals surface area contributed by atoms with E-state index in [2.05, 4.69) is 0 Å². The van der Waals surface area contributed by atoms with E-state index in [-0.39, 0.29) is 51.4 Å². The molecule has 6 nitrogen and oxygen atoms in total. The number of fused-ring (bicyclic) bond motifs is 2. The number of β-lactam (4-membered cyclic amide) rings is 1. The summed E-state index contributed by atoms with van der Waals surface area (Å²) >= 11 is 1.28. The van der Waals surface area contributed by atoms with Gasteiger partial charge in [0.15, 0.2) is 5.78 Å². The first-order valence-electron chi connectivity index (χ1n) is 8.64. The molecule has 1 N–H and O–H groups in total. The van der Waals surface area contributed by atoms with Crippen LogP contribution < -0.4 is 56.5 Å². The number of amides is 1. The van der Waals surface area contributed by atoms with Crippen molar-refractivity contribution in [3.05, 3.63) is 48.0 Å². The van der Waals surface area contributed by atoms with Crippen LogP contribution in [-0.2, 0) is 9.59 Å². The number of benzene rings is 2. The maximum Gasteiger partial charge on any atom is 1.00 e. The second-order valence-corrected chi connectivity index (χ2v) is 9.25. The number of Topliss-reactive ketones (excluding diaryl/α,β-unsaturated/α-hetero) is 1. The number of rotatable bonds is 4. The Hall–Kier alpha value is -0.744. The number of carboxylic acids is 1. The van der Waals surface area contributed by atoms with Gasteiger partial charge in [-0.05, 0) is 30.7 Å². The summed E-state index contributed by atoms with van der Waals surface area (Å²) in [6.07, 6.45) is -1.51. The summed E-state index contributed by atoms with van der Waals surface area (Å²) in [6, 6.07) is 11.6. The van der Waals surface area contributed by atoms with Gasteiger partial charge in [-0.15, -0.1) is 11.8 Å². The molecule has 8 heteroatoms. The van der Waals surface area contributed by atoms with Crippen LogP contribution in [0.5, 0.6) is 0 Å². The SMILES string of the molecule is CC1(C)S[C@@H]2[C@H]([C@H](O)C(=O)c3ccc4ccccc4c3)C(=O)N2[C@H]1C(=O)[O-].[K+]. The third-order valence-electron chi connectivity index (χ3n) is 5.35. The first-order chi connectivity index (χ1) is 12.7. The fourth-order valence-corrected chi connectivity index (χ4v) is 5.70. The van der Waals surface area contributed by atoms with Crippen molar-refractivity contribution in [3.8, 4) is 0 Å². The molecule has 0 spiro atoms. The van der Waals surface area contributed by atoms with E-state index in [4.69, 9.17) is 0 Å². The predicted molar refractivity (Wildman–Crippen MR) is 98.9 cm³/mol. The van der Waals surface area contributed by atoms with Crippen molar-refractivity contribution in [2.75, 3.05) is 0 Å². The standard InChI is InChI=1S/C20H19NO5S.K/c1-20(2)16(19(25)26)21-17(24)13(18(21)27-20)15(23)14(22)12-8-7-10-5-3-4-6-11(10)9-12;/h3-9,13,15-16,18,23H,1-2H3,(H,25,26);/q;+1/p-1/t13-,15+,16+,18-;/m1./s1. The van der Waals surface area contributed by atoms with E-state index in [1.807, 2.05) is 24.3 Å². The van der Waals surface area contributed by atoms with Crippen molar-refractivity contribution in [2.45, 2.75) is 36.1 Å². The van der Waals surface area contributed by atoms with Crippen LogP contribution in [0.3, 0.4) is 0 Å². The number of ketones is 1. The minimum Gasteiger partial charge on any atom is -0.548 e. The van der Waals surface area contributed by atoms with E-state index in [9.17, 15) is 24.6 Å². The second kappa shape index (κ2) is 7.83. The topological polar surface area (TPSA) is 97.7 Å². The van der Waals surface area contributed by atoms with Gasteiger partial charge in [0.1, 0.15) is 12.0 Å². The largest absolute Gasteiger partial charge is 1.00 e. The molecule has 0 aliphatic carbocycles. The molecular formula is C20H18KNO5S. The summed E-state index contributed by atoms with van der Waals surface area (Å²) in [4.78, 5) is 38.0. The van der Waals surface area contributed by atoms with E-state index in [0.29, 0.717) is 5.56 Å². The third kappa shape index (κ3) is 3.39. The quantitative estimate of drug-likeness (QED) is 0.341. The Morgan fingerprint density at radius 2 is 1.82 bits per heavy atom. The molecule has 0 radical (unpaired) electrons. The fraction of sp³-hybridized carbons (Fsp3) is 0.350. The molecule has 0 aromatic heterocycles. The third-order valence-corrected chi connectivity index (χ3v) is 6.94. The molecule has 140 valence electrons. The van der Waals surface area contributed by atoms with E-state index in [0.717, 1.165) is 10.8 Å².